The molecule has 7 nitrogen and oxygen atoms in total. The molecule has 0 aromatic carbocycles. The third-order valence-electron chi connectivity index (χ3n) is 0.771. The van der Waals surface area contributed by atoms with E-state index in [1.807, 2.05) is 0 Å². The molecule has 2 amide bonds. The minimum Gasteiger partial charge on any atom is -0.460 e. The van der Waals surface area contributed by atoms with Crippen LogP contribution >= 0.6 is 0 Å². The third kappa shape index (κ3) is 4.09. The lowest BCUT2D eigenvalue weighted by Gasteiger charge is -1.99. The van der Waals surface area contributed by atoms with Crippen LogP contribution < -0.4 is 16.9 Å². The van der Waals surface area contributed by atoms with E-state index >= 15 is 0 Å². The van der Waals surface area contributed by atoms with Crippen molar-refractivity contribution >= 4 is 17.8 Å². The number of nitrogens with one attached hydrogen (secondary N) is 1. The Morgan fingerprint density at radius 3 is 2.50 bits per heavy atom. The molecular formula is C5H10N4O3. The highest BCUT2D eigenvalue weighted by Gasteiger charge is 2.06. The van der Waals surface area contributed by atoms with Gasteiger partial charge in [0.05, 0.1) is 6.61 Å². The van der Waals surface area contributed by atoms with Crippen LogP contribution in [0.3, 0.4) is 0 Å². The van der Waals surface area contributed by atoms with E-state index in [2.05, 4.69) is 15.6 Å². The second kappa shape index (κ2) is 4.94. The van der Waals surface area contributed by atoms with E-state index in [9.17, 15) is 9.59 Å². The molecule has 0 aromatic rings. The van der Waals surface area contributed by atoms with Crippen molar-refractivity contribution in [2.45, 2.75) is 6.92 Å². The van der Waals surface area contributed by atoms with Crippen molar-refractivity contribution in [2.24, 2.45) is 16.6 Å². The zero-order chi connectivity index (χ0) is 9.56. The summed E-state index contributed by atoms with van der Waals surface area (Å²) in [5.74, 6) is -1.25. The molecule has 0 radical (unpaired) electrons. The Labute approximate surface area is 68.7 Å². The molecule has 0 rings (SSSR count). The highest BCUT2D eigenvalue weighted by molar-refractivity contribution is 6.34. The van der Waals surface area contributed by atoms with Gasteiger partial charge in [0.25, 0.3) is 0 Å². The van der Waals surface area contributed by atoms with Crippen LogP contribution in [0.5, 0.6) is 0 Å². The third-order valence-corrected chi connectivity index (χ3v) is 0.771. The molecule has 0 saturated carbocycles. The lowest BCUT2D eigenvalue weighted by Crippen LogP contribution is -2.32. The van der Waals surface area contributed by atoms with Crippen LogP contribution in [-0.2, 0) is 9.53 Å². The van der Waals surface area contributed by atoms with Crippen LogP contribution in [0, 0.1) is 0 Å². The normalized spacial score (nSPS) is 10.6. The predicted octanol–water partition coefficient (Wildman–Crippen LogP) is -1.51. The Morgan fingerprint density at radius 2 is 2.08 bits per heavy atom. The molecule has 0 aliphatic rings. The van der Waals surface area contributed by atoms with Crippen LogP contribution in [0.25, 0.3) is 0 Å². The smallest absolute Gasteiger partial charge is 0.375 e. The summed E-state index contributed by atoms with van der Waals surface area (Å²) in [4.78, 5) is 20.8. The number of rotatable bonds is 2. The number of nitrogens with two attached hydrogens (primary N) is 2. The molecule has 0 bridgehead atoms. The van der Waals surface area contributed by atoms with Gasteiger partial charge in [-0.05, 0) is 6.92 Å². The molecule has 0 heterocycles. The molecule has 7 heteroatoms. The molecular weight excluding hydrogens is 164 g/mol. The molecule has 0 aliphatic carbocycles. The average molecular weight is 174 g/mol. The summed E-state index contributed by atoms with van der Waals surface area (Å²) < 4.78 is 4.45. The van der Waals surface area contributed by atoms with E-state index in [1.54, 1.807) is 12.3 Å². The van der Waals surface area contributed by atoms with Gasteiger partial charge in [-0.15, -0.1) is 5.10 Å². The summed E-state index contributed by atoms with van der Waals surface area (Å²) >= 11 is 0. The summed E-state index contributed by atoms with van der Waals surface area (Å²) in [6.07, 6.45) is 0. The lowest BCUT2D eigenvalue weighted by molar-refractivity contribution is -0.135. The minimum atomic E-state index is -0.901. The van der Waals surface area contributed by atoms with Crippen LogP contribution in [-0.4, -0.2) is 24.4 Å². The second-order valence-electron chi connectivity index (χ2n) is 1.69. The van der Waals surface area contributed by atoms with Crippen molar-refractivity contribution in [3.63, 3.8) is 0 Å². The van der Waals surface area contributed by atoms with Gasteiger partial charge in [-0.1, -0.05) is 0 Å². The fourth-order valence-electron chi connectivity index (χ4n) is 0.366. The van der Waals surface area contributed by atoms with Gasteiger partial charge in [-0.3, -0.25) is 0 Å². The summed E-state index contributed by atoms with van der Waals surface area (Å²) in [5.41, 5.74) is 11.5. The molecule has 0 saturated heterocycles. The quantitative estimate of drug-likeness (QED) is 0.204. The van der Waals surface area contributed by atoms with Gasteiger partial charge in [0, 0.05) is 0 Å². The molecule has 0 unspecified atom stereocenters. The monoisotopic (exact) mass is 174 g/mol. The summed E-state index contributed by atoms with van der Waals surface area (Å²) in [6, 6.07) is -0.901. The molecule has 0 aromatic heterocycles. The number of nitrogens with zero attached hydrogens (tertiary/aromatic N) is 1. The van der Waals surface area contributed by atoms with Crippen LogP contribution in [0.4, 0.5) is 4.79 Å². The van der Waals surface area contributed by atoms with E-state index in [-0.39, 0.29) is 6.61 Å². The Kier molecular flexibility index (Phi) is 4.20. The Bertz CT molecular complexity index is 213. The maximum absolute atomic E-state index is 10.7. The first kappa shape index (κ1) is 10.2. The number of hydrazone groups is 1. The van der Waals surface area contributed by atoms with Crippen molar-refractivity contribution in [3.05, 3.63) is 0 Å². The standard InChI is InChI=1S/C5H10N4O3/c1-2-12-4(10)3(6)8-9-5(7)11/h2H2,1H3,(H2,6,8)(H3,7,9,11). The van der Waals surface area contributed by atoms with E-state index in [1.165, 1.54) is 0 Å². The van der Waals surface area contributed by atoms with Crippen molar-refractivity contribution in [1.82, 2.24) is 5.43 Å². The van der Waals surface area contributed by atoms with Crippen molar-refractivity contribution < 1.29 is 14.3 Å². The van der Waals surface area contributed by atoms with E-state index in [0.29, 0.717) is 0 Å². The van der Waals surface area contributed by atoms with Crippen molar-refractivity contribution in [1.29, 1.82) is 0 Å². The van der Waals surface area contributed by atoms with Gasteiger partial charge < -0.3 is 16.2 Å². The molecule has 5 N–H and O–H groups in total. The fraction of sp³-hybridized carbons (Fsp3) is 0.400. The number of ether oxygens (including phenoxy) is 1. The van der Waals surface area contributed by atoms with Gasteiger partial charge >= 0.3 is 12.0 Å². The SMILES string of the molecule is CCOC(=O)/C(N)=N/NC(N)=O. The van der Waals surface area contributed by atoms with Crippen LogP contribution in [0.2, 0.25) is 0 Å². The second-order valence-corrected chi connectivity index (χ2v) is 1.69. The Morgan fingerprint density at radius 1 is 1.50 bits per heavy atom. The highest BCUT2D eigenvalue weighted by Crippen LogP contribution is 1.77. The minimum absolute atomic E-state index is 0.186. The van der Waals surface area contributed by atoms with Crippen LogP contribution in [0.1, 0.15) is 6.92 Å². The van der Waals surface area contributed by atoms with Crippen LogP contribution in [0.15, 0.2) is 5.10 Å². The predicted molar refractivity (Wildman–Crippen MR) is 41.0 cm³/mol. The molecule has 0 fully saturated rings. The number of primary amides is 1. The summed E-state index contributed by atoms with van der Waals surface area (Å²) in [6.45, 7) is 1.80. The number of carbonyl (C=O) groups excluding carboxylic acids is 2. The van der Waals surface area contributed by atoms with Gasteiger partial charge in [0.1, 0.15) is 0 Å². The maximum Gasteiger partial charge on any atom is 0.375 e. The number of carbonyl (C=O) groups is 2. The van der Waals surface area contributed by atoms with Gasteiger partial charge in [-0.2, -0.15) is 0 Å². The van der Waals surface area contributed by atoms with E-state index in [0.717, 1.165) is 0 Å². The van der Waals surface area contributed by atoms with Crippen molar-refractivity contribution in [3.8, 4) is 0 Å². The topological polar surface area (TPSA) is 120 Å². The number of amides is 2. The van der Waals surface area contributed by atoms with E-state index < -0.39 is 17.8 Å². The van der Waals surface area contributed by atoms with Gasteiger partial charge in [0.15, 0.2) is 0 Å². The van der Waals surface area contributed by atoms with Gasteiger partial charge in [-0.25, -0.2) is 15.0 Å². The average Bonchev–Trinajstić information content (AvgIpc) is 2.00. The number of hydrogen-bond donors (Lipinski definition) is 3. The first-order chi connectivity index (χ1) is 5.57. The van der Waals surface area contributed by atoms with Crippen molar-refractivity contribution in [2.75, 3.05) is 6.61 Å². The Hall–Kier alpha value is -1.79. The first-order valence-electron chi connectivity index (χ1n) is 3.13. The number of amidine groups is 1. The number of esters is 1. The zero-order valence-electron chi connectivity index (χ0n) is 6.53. The number of urea groups is 1. The molecule has 0 atom stereocenters. The number of hydrogen-bond acceptors (Lipinski definition) is 4. The zero-order valence-corrected chi connectivity index (χ0v) is 6.53. The maximum atomic E-state index is 10.7. The summed E-state index contributed by atoms with van der Waals surface area (Å²) in [7, 11) is 0. The first-order valence-corrected chi connectivity index (χ1v) is 3.13. The fourth-order valence-corrected chi connectivity index (χ4v) is 0.366. The molecule has 12 heavy (non-hydrogen) atoms. The largest absolute Gasteiger partial charge is 0.460 e. The van der Waals surface area contributed by atoms with E-state index in [4.69, 9.17) is 5.73 Å². The molecule has 68 valence electrons. The highest BCUT2D eigenvalue weighted by atomic mass is 16.5. The summed E-state index contributed by atoms with van der Waals surface area (Å²) in [5, 5.41) is 3.14. The lowest BCUT2D eigenvalue weighted by atomic mass is 10.6. The van der Waals surface area contributed by atoms with Gasteiger partial charge in [0.2, 0.25) is 5.84 Å². The molecule has 0 aliphatic heterocycles. The molecule has 0 spiro atoms. The Balaban J connectivity index is 3.99.